The van der Waals surface area contributed by atoms with Crippen molar-refractivity contribution in [1.82, 2.24) is 4.98 Å². The van der Waals surface area contributed by atoms with Gasteiger partial charge in [-0.05, 0) is 24.1 Å². The summed E-state index contributed by atoms with van der Waals surface area (Å²) < 4.78 is 0. The zero-order valence-corrected chi connectivity index (χ0v) is 13.1. The molecule has 1 aromatic carbocycles. The molecule has 2 aromatic rings. The van der Waals surface area contributed by atoms with Crippen LogP contribution in [-0.2, 0) is 20.4 Å². The molecule has 23 heavy (non-hydrogen) atoms. The molecule has 2 saturated carbocycles. The number of ketones is 2. The Labute approximate surface area is 134 Å². The number of aryl methyl sites for hydroxylation is 1. The van der Waals surface area contributed by atoms with E-state index in [1.807, 2.05) is 6.07 Å². The van der Waals surface area contributed by atoms with Gasteiger partial charge in [0, 0.05) is 48.3 Å². The summed E-state index contributed by atoms with van der Waals surface area (Å²) in [7, 11) is 0. The summed E-state index contributed by atoms with van der Waals surface area (Å²) >= 11 is 0. The van der Waals surface area contributed by atoms with Crippen LogP contribution in [0.3, 0.4) is 0 Å². The van der Waals surface area contributed by atoms with Crippen LogP contribution < -0.4 is 0 Å². The van der Waals surface area contributed by atoms with E-state index >= 15 is 0 Å². The summed E-state index contributed by atoms with van der Waals surface area (Å²) in [5.74, 6) is 0.559. The minimum Gasteiger partial charge on any atom is -0.300 e. The van der Waals surface area contributed by atoms with E-state index in [1.54, 1.807) is 6.20 Å². The van der Waals surface area contributed by atoms with Crippen LogP contribution in [0.1, 0.15) is 42.4 Å². The Bertz CT molecular complexity index is 876. The fourth-order valence-electron chi connectivity index (χ4n) is 5.44. The van der Waals surface area contributed by atoms with Crippen LogP contribution in [0.15, 0.2) is 36.5 Å². The molecule has 0 aliphatic heterocycles. The number of hydrogen-bond donors (Lipinski definition) is 0. The van der Waals surface area contributed by atoms with Crippen LogP contribution >= 0.6 is 0 Å². The third-order valence-corrected chi connectivity index (χ3v) is 6.18. The van der Waals surface area contributed by atoms with Gasteiger partial charge in [-0.3, -0.25) is 14.6 Å². The highest BCUT2D eigenvalue weighted by Gasteiger charge is 2.67. The van der Waals surface area contributed by atoms with Crippen LogP contribution in [0.4, 0.5) is 0 Å². The first-order valence-corrected chi connectivity index (χ1v) is 8.16. The van der Waals surface area contributed by atoms with Gasteiger partial charge in [0.1, 0.15) is 11.6 Å². The number of rotatable bonds is 0. The maximum absolute atomic E-state index is 12.5. The Morgan fingerprint density at radius 3 is 2.26 bits per heavy atom. The van der Waals surface area contributed by atoms with E-state index in [-0.39, 0.29) is 22.4 Å². The van der Waals surface area contributed by atoms with Crippen molar-refractivity contribution < 1.29 is 9.59 Å². The molecule has 0 saturated heterocycles. The van der Waals surface area contributed by atoms with Crippen molar-refractivity contribution >= 4 is 11.6 Å². The molecule has 3 heteroatoms. The minimum absolute atomic E-state index is 0.279. The molecule has 3 aliphatic rings. The number of benzene rings is 1. The molecule has 3 nitrogen and oxygen atoms in total. The van der Waals surface area contributed by atoms with Crippen molar-refractivity contribution in [2.24, 2.45) is 0 Å². The van der Waals surface area contributed by atoms with Crippen LogP contribution in [0, 0.1) is 6.92 Å². The van der Waals surface area contributed by atoms with Gasteiger partial charge in [-0.15, -0.1) is 0 Å². The van der Waals surface area contributed by atoms with Crippen molar-refractivity contribution in [2.45, 2.75) is 43.4 Å². The molecule has 1 heterocycles. The Balaban J connectivity index is 1.96. The third-order valence-electron chi connectivity index (χ3n) is 6.18. The second-order valence-electron chi connectivity index (χ2n) is 7.40. The normalized spacial score (nSPS) is 30.7. The van der Waals surface area contributed by atoms with Crippen molar-refractivity contribution in [2.75, 3.05) is 0 Å². The van der Waals surface area contributed by atoms with Crippen LogP contribution in [0.5, 0.6) is 0 Å². The maximum Gasteiger partial charge on any atom is 0.134 e. The minimum atomic E-state index is -0.369. The van der Waals surface area contributed by atoms with Gasteiger partial charge in [0.2, 0.25) is 0 Å². The first-order chi connectivity index (χ1) is 11.1. The Kier molecular flexibility index (Phi) is 2.27. The largest absolute Gasteiger partial charge is 0.300 e. The molecule has 5 rings (SSSR count). The van der Waals surface area contributed by atoms with Crippen molar-refractivity contribution in [3.63, 3.8) is 0 Å². The number of aromatic nitrogens is 1. The van der Waals surface area contributed by atoms with Crippen molar-refractivity contribution in [1.29, 1.82) is 0 Å². The topological polar surface area (TPSA) is 47.0 Å². The van der Waals surface area contributed by atoms with Crippen molar-refractivity contribution in [3.05, 3.63) is 53.2 Å². The summed E-state index contributed by atoms with van der Waals surface area (Å²) in [6.45, 7) is 2.07. The van der Waals surface area contributed by atoms with E-state index in [0.717, 1.165) is 16.8 Å². The predicted octanol–water partition coefficient (Wildman–Crippen LogP) is 3.27. The SMILES string of the molecule is Cc1ccc2c(c1)C13CC(=O)CC1(CC(=O)C3)c1cccnc1-2. The van der Waals surface area contributed by atoms with Gasteiger partial charge in [0.05, 0.1) is 5.69 Å². The lowest BCUT2D eigenvalue weighted by Crippen LogP contribution is -2.43. The lowest BCUT2D eigenvalue weighted by Gasteiger charge is -2.45. The van der Waals surface area contributed by atoms with E-state index in [4.69, 9.17) is 0 Å². The number of carbonyl (C=O) groups is 2. The molecular formula is C20H17NO2. The van der Waals surface area contributed by atoms with Gasteiger partial charge >= 0.3 is 0 Å². The molecule has 0 N–H and O–H groups in total. The average molecular weight is 303 g/mol. The van der Waals surface area contributed by atoms with Gasteiger partial charge in [-0.2, -0.15) is 0 Å². The second-order valence-corrected chi connectivity index (χ2v) is 7.40. The zero-order valence-electron chi connectivity index (χ0n) is 13.1. The maximum atomic E-state index is 12.5. The number of Topliss-reactive ketones (excluding diaryl/α,β-unsaturated/α-hetero) is 2. The molecule has 1 aromatic heterocycles. The molecule has 0 bridgehead atoms. The standard InChI is InChI=1S/C20H17NO2/c1-12-4-5-15-17(7-12)20-10-13(22)8-19(20,9-14(23)11-20)16-3-2-6-21-18(15)16/h2-7H,8-11H2,1H3. The first-order valence-electron chi connectivity index (χ1n) is 8.16. The third kappa shape index (κ3) is 1.39. The monoisotopic (exact) mass is 303 g/mol. The van der Waals surface area contributed by atoms with E-state index in [2.05, 4.69) is 36.2 Å². The van der Waals surface area contributed by atoms with E-state index in [1.165, 1.54) is 11.1 Å². The van der Waals surface area contributed by atoms with Crippen LogP contribution in [0.2, 0.25) is 0 Å². The smallest absolute Gasteiger partial charge is 0.134 e. The van der Waals surface area contributed by atoms with E-state index in [9.17, 15) is 9.59 Å². The number of pyridine rings is 1. The molecule has 0 amide bonds. The van der Waals surface area contributed by atoms with E-state index in [0.29, 0.717) is 25.7 Å². The van der Waals surface area contributed by atoms with Gasteiger partial charge in [-0.1, -0.05) is 29.8 Å². The van der Waals surface area contributed by atoms with Crippen LogP contribution in [-0.4, -0.2) is 16.6 Å². The highest BCUT2D eigenvalue weighted by atomic mass is 16.1. The quantitative estimate of drug-likeness (QED) is 0.750. The average Bonchev–Trinajstić information content (AvgIpc) is 2.95. The second kappa shape index (κ2) is 3.97. The van der Waals surface area contributed by atoms with Gasteiger partial charge in [0.25, 0.3) is 0 Å². The summed E-state index contributed by atoms with van der Waals surface area (Å²) in [5, 5.41) is 0. The lowest BCUT2D eigenvalue weighted by atomic mass is 9.56. The number of nitrogens with zero attached hydrogens (tertiary/aromatic N) is 1. The Morgan fingerprint density at radius 1 is 0.913 bits per heavy atom. The molecule has 0 unspecified atom stereocenters. The summed E-state index contributed by atoms with van der Waals surface area (Å²) in [5.41, 5.74) is 4.79. The lowest BCUT2D eigenvalue weighted by molar-refractivity contribution is -0.120. The highest BCUT2D eigenvalue weighted by Crippen LogP contribution is 2.67. The number of carbonyl (C=O) groups excluding carboxylic acids is 2. The fourth-order valence-corrected chi connectivity index (χ4v) is 5.44. The van der Waals surface area contributed by atoms with E-state index < -0.39 is 0 Å². The molecule has 0 spiro atoms. The Hall–Kier alpha value is -2.29. The summed E-state index contributed by atoms with van der Waals surface area (Å²) in [4.78, 5) is 29.6. The fraction of sp³-hybridized carbons (Fsp3) is 0.350. The first kappa shape index (κ1) is 13.2. The molecule has 0 atom stereocenters. The number of fused-ring (bicyclic) bond motifs is 3. The molecule has 3 aliphatic carbocycles. The van der Waals surface area contributed by atoms with Gasteiger partial charge in [-0.25, -0.2) is 0 Å². The summed E-state index contributed by atoms with van der Waals surface area (Å²) in [6.07, 6.45) is 3.74. The van der Waals surface area contributed by atoms with Crippen LogP contribution in [0.25, 0.3) is 11.3 Å². The predicted molar refractivity (Wildman–Crippen MR) is 86.2 cm³/mol. The Morgan fingerprint density at radius 2 is 1.57 bits per heavy atom. The van der Waals surface area contributed by atoms with Gasteiger partial charge < -0.3 is 0 Å². The molecule has 0 radical (unpaired) electrons. The van der Waals surface area contributed by atoms with Crippen molar-refractivity contribution in [3.8, 4) is 11.3 Å². The van der Waals surface area contributed by atoms with Gasteiger partial charge in [0.15, 0.2) is 0 Å². The molecule has 114 valence electrons. The molecular weight excluding hydrogens is 286 g/mol. The zero-order chi connectivity index (χ0) is 15.8. The summed E-state index contributed by atoms with van der Waals surface area (Å²) in [6, 6.07) is 10.4. The highest BCUT2D eigenvalue weighted by molar-refractivity contribution is 5.98. The molecule has 2 fully saturated rings. The number of hydrogen-bond acceptors (Lipinski definition) is 3.